The summed E-state index contributed by atoms with van der Waals surface area (Å²) in [5.41, 5.74) is 2.56. The number of benzene rings is 3. The minimum atomic E-state index is -1.23. The Morgan fingerprint density at radius 2 is 1.75 bits per heavy atom. The zero-order valence-corrected chi connectivity index (χ0v) is 21.6. The van der Waals surface area contributed by atoms with Gasteiger partial charge in [0.25, 0.3) is 5.91 Å². The van der Waals surface area contributed by atoms with Crippen LogP contribution in [0, 0.1) is 0 Å². The number of aromatic hydroxyl groups is 1. The van der Waals surface area contributed by atoms with E-state index in [2.05, 4.69) is 10.3 Å². The molecule has 0 saturated carbocycles. The summed E-state index contributed by atoms with van der Waals surface area (Å²) in [5, 5.41) is 23.4. The highest BCUT2D eigenvalue weighted by Crippen LogP contribution is 2.31. The van der Waals surface area contributed by atoms with Gasteiger partial charge in [-0.25, -0.2) is 9.59 Å². The number of phenolic OH excluding ortho intramolecular Hbond substituents is 1. The van der Waals surface area contributed by atoms with Gasteiger partial charge in [0.2, 0.25) is 0 Å². The van der Waals surface area contributed by atoms with Crippen LogP contribution in [0.2, 0.25) is 0 Å². The summed E-state index contributed by atoms with van der Waals surface area (Å²) in [7, 11) is 1.57. The number of hydrogen-bond donors (Lipinski definition) is 4. The molecule has 0 aliphatic carbocycles. The van der Waals surface area contributed by atoms with Crippen molar-refractivity contribution < 1.29 is 33.7 Å². The Hall–Kier alpha value is -5.25. The zero-order chi connectivity index (χ0) is 28.4. The number of hydrogen-bond acceptors (Lipinski definition) is 7. The van der Waals surface area contributed by atoms with Gasteiger partial charge in [0, 0.05) is 41.0 Å². The maximum atomic E-state index is 12.9. The molecule has 3 aromatic carbocycles. The Morgan fingerprint density at radius 1 is 1.00 bits per heavy atom. The number of carboxylic acids is 1. The zero-order valence-electron chi connectivity index (χ0n) is 21.6. The number of amides is 1. The van der Waals surface area contributed by atoms with Crippen molar-refractivity contribution in [2.75, 3.05) is 7.11 Å². The van der Waals surface area contributed by atoms with Crippen molar-refractivity contribution in [2.24, 2.45) is 0 Å². The maximum absolute atomic E-state index is 12.9. The summed E-state index contributed by atoms with van der Waals surface area (Å²) in [4.78, 5) is 40.1. The normalized spacial score (nSPS) is 12.7. The van der Waals surface area contributed by atoms with E-state index in [0.717, 1.165) is 11.1 Å². The number of aromatic nitrogens is 1. The molecule has 0 aliphatic heterocycles. The average Bonchev–Trinajstić information content (AvgIpc) is 3.33. The second-order valence-corrected chi connectivity index (χ2v) is 9.27. The molecule has 0 radical (unpaired) electrons. The second kappa shape index (κ2) is 10.9. The number of methoxy groups -OCH3 is 1. The van der Waals surface area contributed by atoms with Crippen LogP contribution in [0.15, 0.2) is 82.1 Å². The monoisotopic (exact) mass is 542 g/mol. The van der Waals surface area contributed by atoms with E-state index in [1.807, 2.05) is 12.1 Å². The average molecular weight is 543 g/mol. The summed E-state index contributed by atoms with van der Waals surface area (Å²) >= 11 is 0. The molecule has 2 atom stereocenters. The number of H-pyrrole nitrogens is 1. The Kier molecular flexibility index (Phi) is 7.15. The quantitative estimate of drug-likeness (QED) is 0.202. The molecule has 0 bridgehead atoms. The Bertz CT molecular complexity index is 1770. The lowest BCUT2D eigenvalue weighted by Gasteiger charge is -2.19. The van der Waals surface area contributed by atoms with Gasteiger partial charge < -0.3 is 34.4 Å². The van der Waals surface area contributed by atoms with Crippen molar-refractivity contribution >= 4 is 33.7 Å². The molecule has 5 aromatic rings. The summed E-state index contributed by atoms with van der Waals surface area (Å²) < 4.78 is 16.4. The summed E-state index contributed by atoms with van der Waals surface area (Å²) in [6.45, 7) is 1.49. The first kappa shape index (κ1) is 26.4. The van der Waals surface area contributed by atoms with Crippen molar-refractivity contribution in [3.63, 3.8) is 0 Å². The van der Waals surface area contributed by atoms with Gasteiger partial charge in [-0.05, 0) is 66.1 Å². The molecule has 0 aliphatic rings. The molecule has 204 valence electrons. The standard InChI is InChI=1S/C30H26N2O8/c1-16(29(35)32-26(30(36)37)11-18-15-31-25-10-5-19(33)12-24(18)25)39-21-8-9-22-23(14-28(34)40-27(22)13-21)17-3-6-20(38-2)7-4-17/h3-10,12-16,26,31,33H,11H2,1-2H3,(H,32,35)(H,36,37)/t16-,26+/m0/s1. The van der Waals surface area contributed by atoms with E-state index in [1.165, 1.54) is 31.2 Å². The van der Waals surface area contributed by atoms with Crippen LogP contribution in [0.4, 0.5) is 0 Å². The van der Waals surface area contributed by atoms with Crippen LogP contribution in [0.3, 0.4) is 0 Å². The number of aromatic amines is 1. The fraction of sp³-hybridized carbons (Fsp3) is 0.167. The number of fused-ring (bicyclic) bond motifs is 2. The van der Waals surface area contributed by atoms with Crippen LogP contribution in [0.25, 0.3) is 33.0 Å². The van der Waals surface area contributed by atoms with Gasteiger partial charge in [0.1, 0.15) is 28.9 Å². The summed E-state index contributed by atoms with van der Waals surface area (Å²) in [5.74, 6) is -0.847. The predicted octanol–water partition coefficient (Wildman–Crippen LogP) is 4.23. The van der Waals surface area contributed by atoms with Crippen LogP contribution in [-0.4, -0.2) is 46.3 Å². The number of rotatable bonds is 9. The lowest BCUT2D eigenvalue weighted by atomic mass is 10.0. The van der Waals surface area contributed by atoms with E-state index in [1.54, 1.807) is 43.6 Å². The number of carboxylic acid groups (broad SMARTS) is 1. The molecule has 2 aromatic heterocycles. The Labute approximate surface area is 227 Å². The van der Waals surface area contributed by atoms with Crippen LogP contribution in [0.5, 0.6) is 17.2 Å². The molecule has 4 N–H and O–H groups in total. The first-order valence-electron chi connectivity index (χ1n) is 12.4. The Balaban J connectivity index is 1.32. The third kappa shape index (κ3) is 5.46. The van der Waals surface area contributed by atoms with Crippen molar-refractivity contribution in [3.8, 4) is 28.4 Å². The van der Waals surface area contributed by atoms with Gasteiger partial charge in [0.05, 0.1) is 7.11 Å². The molecule has 2 heterocycles. The van der Waals surface area contributed by atoms with Crippen molar-refractivity contribution in [2.45, 2.75) is 25.5 Å². The maximum Gasteiger partial charge on any atom is 0.336 e. The van der Waals surface area contributed by atoms with Gasteiger partial charge in [-0.3, -0.25) is 4.79 Å². The Morgan fingerprint density at radius 3 is 2.48 bits per heavy atom. The molecule has 0 spiro atoms. The van der Waals surface area contributed by atoms with Gasteiger partial charge in [-0.15, -0.1) is 0 Å². The molecule has 40 heavy (non-hydrogen) atoms. The predicted molar refractivity (Wildman–Crippen MR) is 148 cm³/mol. The van der Waals surface area contributed by atoms with E-state index in [-0.39, 0.29) is 23.5 Å². The molecule has 1 amide bonds. The smallest absolute Gasteiger partial charge is 0.336 e. The van der Waals surface area contributed by atoms with Crippen LogP contribution < -0.4 is 20.4 Å². The van der Waals surface area contributed by atoms with Gasteiger partial charge in [-0.2, -0.15) is 0 Å². The number of aliphatic carboxylic acids is 1. The lowest BCUT2D eigenvalue weighted by molar-refractivity contribution is -0.142. The van der Waals surface area contributed by atoms with E-state index in [4.69, 9.17) is 13.9 Å². The van der Waals surface area contributed by atoms with Crippen molar-refractivity contribution in [1.82, 2.24) is 10.3 Å². The third-order valence-electron chi connectivity index (χ3n) is 6.59. The topological polar surface area (TPSA) is 151 Å². The number of phenols is 1. The first-order chi connectivity index (χ1) is 19.2. The van der Waals surface area contributed by atoms with Crippen molar-refractivity contribution in [1.29, 1.82) is 0 Å². The molecular formula is C30H26N2O8. The molecule has 5 rings (SSSR count). The summed E-state index contributed by atoms with van der Waals surface area (Å²) in [6.07, 6.45) is 0.588. The van der Waals surface area contributed by atoms with E-state index in [9.17, 15) is 24.6 Å². The molecule has 0 fully saturated rings. The third-order valence-corrected chi connectivity index (χ3v) is 6.59. The highest BCUT2D eigenvalue weighted by atomic mass is 16.5. The van der Waals surface area contributed by atoms with E-state index in [0.29, 0.717) is 27.6 Å². The minimum absolute atomic E-state index is 0.00743. The fourth-order valence-electron chi connectivity index (χ4n) is 4.53. The summed E-state index contributed by atoms with van der Waals surface area (Å²) in [6, 6.07) is 17.1. The number of carbonyl (C=O) groups is 2. The molecular weight excluding hydrogens is 516 g/mol. The SMILES string of the molecule is COc1ccc(-c2cc(=O)oc3cc(O[C@@H](C)C(=O)N[C@H](Cc4c[nH]c5ccc(O)cc45)C(=O)O)ccc23)cc1. The lowest BCUT2D eigenvalue weighted by Crippen LogP contribution is -2.47. The van der Waals surface area contributed by atoms with Crippen LogP contribution >= 0.6 is 0 Å². The fourth-order valence-corrected chi connectivity index (χ4v) is 4.53. The molecule has 10 nitrogen and oxygen atoms in total. The van der Waals surface area contributed by atoms with Crippen LogP contribution in [-0.2, 0) is 16.0 Å². The first-order valence-corrected chi connectivity index (χ1v) is 12.4. The molecule has 10 heteroatoms. The van der Waals surface area contributed by atoms with Gasteiger partial charge >= 0.3 is 11.6 Å². The van der Waals surface area contributed by atoms with E-state index >= 15 is 0 Å². The molecule has 0 saturated heterocycles. The largest absolute Gasteiger partial charge is 0.508 e. The highest BCUT2D eigenvalue weighted by Gasteiger charge is 2.25. The highest BCUT2D eigenvalue weighted by molar-refractivity contribution is 5.94. The number of carbonyl (C=O) groups excluding carboxylic acids is 1. The van der Waals surface area contributed by atoms with Crippen molar-refractivity contribution in [3.05, 3.63) is 88.9 Å². The van der Waals surface area contributed by atoms with Crippen LogP contribution in [0.1, 0.15) is 12.5 Å². The van der Waals surface area contributed by atoms with E-state index < -0.39 is 29.6 Å². The second-order valence-electron chi connectivity index (χ2n) is 9.27. The minimum Gasteiger partial charge on any atom is -0.508 e. The number of nitrogens with one attached hydrogen (secondary N) is 2. The number of ether oxygens (including phenoxy) is 2. The van der Waals surface area contributed by atoms with Gasteiger partial charge in [-0.1, -0.05) is 12.1 Å². The molecule has 0 unspecified atom stereocenters. The van der Waals surface area contributed by atoms with Gasteiger partial charge in [0.15, 0.2) is 6.10 Å².